The van der Waals surface area contributed by atoms with E-state index in [1.54, 1.807) is 6.26 Å². The van der Waals surface area contributed by atoms with Gasteiger partial charge in [0.15, 0.2) is 12.4 Å². The zero-order chi connectivity index (χ0) is 20.2. The third-order valence-corrected chi connectivity index (χ3v) is 4.24. The number of carbonyl (C=O) groups is 1. The molecule has 4 aromatic rings. The van der Waals surface area contributed by atoms with E-state index in [-0.39, 0.29) is 30.7 Å². The summed E-state index contributed by atoms with van der Waals surface area (Å²) in [5, 5.41) is 3.93. The van der Waals surface area contributed by atoms with E-state index in [0.29, 0.717) is 0 Å². The molecule has 0 spiro atoms. The summed E-state index contributed by atoms with van der Waals surface area (Å²) < 4.78 is 10.8. The first kappa shape index (κ1) is 18.4. The number of aryl methyl sites for hydroxylation is 1. The maximum atomic E-state index is 12.3. The molecule has 0 atom stereocenters. The van der Waals surface area contributed by atoms with Gasteiger partial charge in [0.1, 0.15) is 5.58 Å². The van der Waals surface area contributed by atoms with E-state index in [9.17, 15) is 4.79 Å². The standard InChI is InChI=1S/C21H19N5O3/c1-13-7-8-16-14(11-28-17(16)9-13)10-19(27)29-12-18-24-20(22)26-21(25-18)23-15-5-3-2-4-6-15/h2-9,11H,10,12H2,1H3,(H3,22,23,24,25,26). The van der Waals surface area contributed by atoms with Crippen molar-refractivity contribution in [1.29, 1.82) is 0 Å². The average Bonchev–Trinajstić information content (AvgIpc) is 3.08. The van der Waals surface area contributed by atoms with Crippen molar-refractivity contribution in [2.75, 3.05) is 11.1 Å². The maximum Gasteiger partial charge on any atom is 0.310 e. The number of aromatic nitrogens is 3. The number of nitrogens with one attached hydrogen (secondary N) is 1. The Kier molecular flexibility index (Phi) is 5.07. The molecule has 0 amide bonds. The highest BCUT2D eigenvalue weighted by Gasteiger charge is 2.13. The van der Waals surface area contributed by atoms with Crippen molar-refractivity contribution >= 4 is 34.5 Å². The molecule has 0 saturated carbocycles. The molecule has 29 heavy (non-hydrogen) atoms. The minimum absolute atomic E-state index is 0.0423. The number of furan rings is 1. The van der Waals surface area contributed by atoms with Crippen LogP contribution in [0, 0.1) is 6.92 Å². The lowest BCUT2D eigenvalue weighted by Gasteiger charge is -2.08. The van der Waals surface area contributed by atoms with Crippen LogP contribution in [-0.4, -0.2) is 20.9 Å². The van der Waals surface area contributed by atoms with Crippen LogP contribution in [-0.2, 0) is 22.6 Å². The number of benzene rings is 2. The van der Waals surface area contributed by atoms with Crippen molar-refractivity contribution in [3.8, 4) is 0 Å². The van der Waals surface area contributed by atoms with Crippen LogP contribution < -0.4 is 11.1 Å². The van der Waals surface area contributed by atoms with Gasteiger partial charge in [0.2, 0.25) is 11.9 Å². The fourth-order valence-electron chi connectivity index (χ4n) is 2.89. The first-order chi connectivity index (χ1) is 14.1. The van der Waals surface area contributed by atoms with Crippen LogP contribution >= 0.6 is 0 Å². The van der Waals surface area contributed by atoms with Crippen molar-refractivity contribution in [2.45, 2.75) is 20.0 Å². The summed E-state index contributed by atoms with van der Waals surface area (Å²) in [6, 6.07) is 15.3. The molecule has 3 N–H and O–H groups in total. The quantitative estimate of drug-likeness (QED) is 0.481. The number of hydrogen-bond donors (Lipinski definition) is 2. The second-order valence-corrected chi connectivity index (χ2v) is 6.52. The van der Waals surface area contributed by atoms with Gasteiger partial charge in [0.25, 0.3) is 0 Å². The lowest BCUT2D eigenvalue weighted by Crippen LogP contribution is -2.12. The molecule has 0 fully saturated rings. The molecule has 2 heterocycles. The van der Waals surface area contributed by atoms with Gasteiger partial charge in [-0.25, -0.2) is 0 Å². The molecule has 2 aromatic carbocycles. The highest BCUT2D eigenvalue weighted by atomic mass is 16.5. The first-order valence-electron chi connectivity index (χ1n) is 9.02. The minimum atomic E-state index is -0.412. The van der Waals surface area contributed by atoms with Gasteiger partial charge in [0.05, 0.1) is 12.7 Å². The average molecular weight is 389 g/mol. The Labute approximate surface area is 166 Å². The van der Waals surface area contributed by atoms with Gasteiger partial charge in [0, 0.05) is 16.6 Å². The van der Waals surface area contributed by atoms with E-state index in [4.69, 9.17) is 14.9 Å². The third-order valence-electron chi connectivity index (χ3n) is 4.24. The van der Waals surface area contributed by atoms with Crippen LogP contribution in [0.2, 0.25) is 0 Å². The summed E-state index contributed by atoms with van der Waals surface area (Å²) in [7, 11) is 0. The predicted octanol–water partition coefficient (Wildman–Crippen LogP) is 3.54. The fraction of sp³-hybridized carbons (Fsp3) is 0.143. The van der Waals surface area contributed by atoms with Crippen LogP contribution in [0.4, 0.5) is 17.6 Å². The van der Waals surface area contributed by atoms with Gasteiger partial charge < -0.3 is 20.2 Å². The number of anilines is 3. The van der Waals surface area contributed by atoms with Crippen molar-refractivity contribution in [2.24, 2.45) is 0 Å². The van der Waals surface area contributed by atoms with Gasteiger partial charge >= 0.3 is 5.97 Å². The maximum absolute atomic E-state index is 12.3. The summed E-state index contributed by atoms with van der Waals surface area (Å²) >= 11 is 0. The molecular weight excluding hydrogens is 370 g/mol. The largest absolute Gasteiger partial charge is 0.464 e. The summed E-state index contributed by atoms with van der Waals surface area (Å²) in [5.74, 6) is 0.174. The summed E-state index contributed by atoms with van der Waals surface area (Å²) in [4.78, 5) is 24.6. The van der Waals surface area contributed by atoms with Crippen molar-refractivity contribution in [3.05, 3.63) is 71.7 Å². The predicted molar refractivity (Wildman–Crippen MR) is 108 cm³/mol. The number of nitrogens with zero attached hydrogens (tertiary/aromatic N) is 3. The summed E-state index contributed by atoms with van der Waals surface area (Å²) in [5.41, 5.74) is 9.16. The Morgan fingerprint density at radius 1 is 1.14 bits per heavy atom. The molecule has 0 bridgehead atoms. The molecule has 8 heteroatoms. The van der Waals surface area contributed by atoms with Crippen LogP contribution in [0.1, 0.15) is 17.0 Å². The number of ether oxygens (including phenoxy) is 1. The second-order valence-electron chi connectivity index (χ2n) is 6.52. The number of hydrogen-bond acceptors (Lipinski definition) is 8. The number of para-hydroxylation sites is 1. The molecule has 8 nitrogen and oxygen atoms in total. The molecule has 146 valence electrons. The monoisotopic (exact) mass is 389 g/mol. The van der Waals surface area contributed by atoms with Crippen LogP contribution in [0.15, 0.2) is 59.2 Å². The molecule has 0 saturated heterocycles. The summed E-state index contributed by atoms with van der Waals surface area (Å²) in [6.07, 6.45) is 1.67. The zero-order valence-electron chi connectivity index (χ0n) is 15.8. The van der Waals surface area contributed by atoms with E-state index in [0.717, 1.165) is 27.8 Å². The van der Waals surface area contributed by atoms with Gasteiger partial charge in [-0.2, -0.15) is 15.0 Å². The number of fused-ring (bicyclic) bond motifs is 1. The van der Waals surface area contributed by atoms with Crippen LogP contribution in [0.25, 0.3) is 11.0 Å². The van der Waals surface area contributed by atoms with E-state index in [1.165, 1.54) is 0 Å². The Morgan fingerprint density at radius 2 is 1.97 bits per heavy atom. The van der Waals surface area contributed by atoms with E-state index >= 15 is 0 Å². The third kappa shape index (κ3) is 4.49. The molecule has 0 aliphatic rings. The Bertz CT molecular complexity index is 1160. The topological polar surface area (TPSA) is 116 Å². The molecule has 2 aromatic heterocycles. The normalized spacial score (nSPS) is 10.8. The van der Waals surface area contributed by atoms with Crippen LogP contribution in [0.3, 0.4) is 0 Å². The zero-order valence-corrected chi connectivity index (χ0v) is 15.8. The van der Waals surface area contributed by atoms with Crippen LogP contribution in [0.5, 0.6) is 0 Å². The minimum Gasteiger partial charge on any atom is -0.464 e. The molecule has 4 rings (SSSR count). The van der Waals surface area contributed by atoms with Gasteiger partial charge in [-0.3, -0.25) is 4.79 Å². The number of esters is 1. The lowest BCUT2D eigenvalue weighted by molar-refractivity contribution is -0.144. The fourth-order valence-corrected chi connectivity index (χ4v) is 2.89. The Morgan fingerprint density at radius 3 is 2.79 bits per heavy atom. The number of nitrogen functional groups attached to an aromatic ring is 1. The highest BCUT2D eigenvalue weighted by molar-refractivity contribution is 5.86. The second kappa shape index (κ2) is 7.97. The molecule has 0 aliphatic carbocycles. The van der Waals surface area contributed by atoms with Crippen molar-refractivity contribution in [1.82, 2.24) is 15.0 Å². The van der Waals surface area contributed by atoms with Gasteiger partial charge in [-0.05, 0) is 30.7 Å². The van der Waals surface area contributed by atoms with Crippen molar-refractivity contribution in [3.63, 3.8) is 0 Å². The Hall–Kier alpha value is -3.94. The van der Waals surface area contributed by atoms with E-state index < -0.39 is 5.97 Å². The van der Waals surface area contributed by atoms with Crippen molar-refractivity contribution < 1.29 is 13.9 Å². The molecule has 0 aliphatic heterocycles. The highest BCUT2D eigenvalue weighted by Crippen LogP contribution is 2.23. The van der Waals surface area contributed by atoms with Gasteiger partial charge in [-0.15, -0.1) is 0 Å². The number of nitrogens with two attached hydrogens (primary N) is 1. The summed E-state index contributed by atoms with van der Waals surface area (Å²) in [6.45, 7) is 1.88. The smallest absolute Gasteiger partial charge is 0.310 e. The van der Waals surface area contributed by atoms with E-state index in [1.807, 2.05) is 55.5 Å². The SMILES string of the molecule is Cc1ccc2c(CC(=O)OCc3nc(N)nc(Nc4ccccc4)n3)coc2c1. The van der Waals surface area contributed by atoms with Gasteiger partial charge in [-0.1, -0.05) is 30.3 Å². The number of carbonyl (C=O) groups excluding carboxylic acids is 1. The molecular formula is C21H19N5O3. The molecule has 0 radical (unpaired) electrons. The Balaban J connectivity index is 1.41. The number of rotatable bonds is 6. The lowest BCUT2D eigenvalue weighted by atomic mass is 10.1. The first-order valence-corrected chi connectivity index (χ1v) is 9.02. The molecule has 0 unspecified atom stereocenters. The van der Waals surface area contributed by atoms with E-state index in [2.05, 4.69) is 20.3 Å².